The van der Waals surface area contributed by atoms with E-state index in [9.17, 15) is 24.8 Å². The number of benzene rings is 1. The molecule has 2 aliphatic rings. The summed E-state index contributed by atoms with van der Waals surface area (Å²) < 4.78 is 6.33. The fourth-order valence-corrected chi connectivity index (χ4v) is 6.74. The number of hydrogen-bond donors (Lipinski definition) is 3. The number of nitriles is 1. The van der Waals surface area contributed by atoms with Crippen LogP contribution in [-0.4, -0.2) is 38.7 Å². The number of carbonyl (C=O) groups is 3. The van der Waals surface area contributed by atoms with Gasteiger partial charge in [0.15, 0.2) is 10.1 Å². The van der Waals surface area contributed by atoms with Crippen molar-refractivity contribution in [1.82, 2.24) is 10.2 Å². The van der Waals surface area contributed by atoms with E-state index in [1.54, 1.807) is 36.1 Å². The Morgan fingerprint density at radius 2 is 2.02 bits per heavy atom. The highest BCUT2D eigenvalue weighted by Gasteiger charge is 2.46. The van der Waals surface area contributed by atoms with Crippen molar-refractivity contribution in [2.75, 3.05) is 16.0 Å². The van der Waals surface area contributed by atoms with Gasteiger partial charge in [-0.05, 0) is 43.0 Å². The summed E-state index contributed by atoms with van der Waals surface area (Å²) in [5.74, 6) is -1.13. The number of aromatic carboxylic acids is 1. The lowest BCUT2D eigenvalue weighted by atomic mass is 9.69. The second-order valence-electron chi connectivity index (χ2n) is 10.5. The van der Waals surface area contributed by atoms with Crippen LogP contribution in [0.3, 0.4) is 0 Å². The lowest BCUT2D eigenvalue weighted by molar-refractivity contribution is -0.118. The summed E-state index contributed by atoms with van der Waals surface area (Å²) in [7, 11) is 0. The molecule has 1 aliphatic heterocycles. The molecule has 0 saturated carbocycles. The van der Waals surface area contributed by atoms with Crippen LogP contribution in [0.4, 0.5) is 10.8 Å². The number of furan rings is 1. The minimum atomic E-state index is -1.14. The molecule has 0 fully saturated rings. The Morgan fingerprint density at radius 1 is 1.27 bits per heavy atom. The maximum atomic E-state index is 13.6. The Balaban J connectivity index is 1.44. The number of allylic oxidation sites excluding steroid dienone is 3. The zero-order valence-electron chi connectivity index (χ0n) is 22.4. The second-order valence-corrected chi connectivity index (χ2v) is 12.6. The fraction of sp³-hybridized carbons (Fsp3) is 0.286. The van der Waals surface area contributed by atoms with E-state index in [1.807, 2.05) is 13.8 Å². The van der Waals surface area contributed by atoms with Gasteiger partial charge in [0.05, 0.1) is 34.6 Å². The number of thioether (sulfide) groups is 1. The van der Waals surface area contributed by atoms with Crippen molar-refractivity contribution in [2.45, 2.75) is 43.9 Å². The van der Waals surface area contributed by atoms with Gasteiger partial charge in [-0.3, -0.25) is 14.5 Å². The summed E-state index contributed by atoms with van der Waals surface area (Å²) in [5, 5.41) is 31.0. The van der Waals surface area contributed by atoms with E-state index in [4.69, 9.17) is 10.2 Å². The maximum Gasteiger partial charge on any atom is 0.337 e. The molecule has 3 aromatic rings. The molecule has 1 unspecified atom stereocenters. The predicted octanol–water partition coefficient (Wildman–Crippen LogP) is 4.81. The average molecular weight is 591 g/mol. The van der Waals surface area contributed by atoms with Gasteiger partial charge in [0.2, 0.25) is 11.0 Å². The van der Waals surface area contributed by atoms with E-state index in [1.165, 1.54) is 23.5 Å². The summed E-state index contributed by atoms with van der Waals surface area (Å²) in [5.41, 5.74) is 7.75. The number of aromatic nitrogens is 2. The van der Waals surface area contributed by atoms with E-state index in [0.29, 0.717) is 45.1 Å². The van der Waals surface area contributed by atoms with Gasteiger partial charge in [0.1, 0.15) is 17.3 Å². The number of amides is 1. The molecule has 1 aliphatic carbocycles. The Morgan fingerprint density at radius 3 is 2.71 bits per heavy atom. The number of rotatable bonds is 7. The number of anilines is 2. The first-order valence-electron chi connectivity index (χ1n) is 12.6. The van der Waals surface area contributed by atoms with Crippen LogP contribution >= 0.6 is 23.1 Å². The monoisotopic (exact) mass is 590 g/mol. The van der Waals surface area contributed by atoms with Gasteiger partial charge in [-0.15, -0.1) is 10.2 Å². The molecule has 1 aromatic carbocycles. The predicted molar refractivity (Wildman–Crippen MR) is 153 cm³/mol. The molecule has 3 heterocycles. The first kappa shape index (κ1) is 28.1. The molecule has 0 radical (unpaired) electrons. The quantitative estimate of drug-likeness (QED) is 0.322. The minimum absolute atomic E-state index is 0.0123. The molecule has 4 N–H and O–H groups in total. The van der Waals surface area contributed by atoms with E-state index in [0.717, 1.165) is 11.8 Å². The topological polar surface area (TPSA) is 175 Å². The number of carboxylic acids is 1. The fourth-order valence-electron chi connectivity index (χ4n) is 5.06. The Bertz CT molecular complexity index is 1680. The minimum Gasteiger partial charge on any atom is -0.478 e. The summed E-state index contributed by atoms with van der Waals surface area (Å²) in [6, 6.07) is 11.9. The van der Waals surface area contributed by atoms with Crippen LogP contribution in [0.5, 0.6) is 0 Å². The van der Waals surface area contributed by atoms with Gasteiger partial charge in [0, 0.05) is 17.7 Å². The van der Waals surface area contributed by atoms with E-state index >= 15 is 0 Å². The van der Waals surface area contributed by atoms with Crippen LogP contribution < -0.4 is 16.0 Å². The van der Waals surface area contributed by atoms with Gasteiger partial charge >= 0.3 is 5.97 Å². The Kier molecular flexibility index (Phi) is 7.46. The van der Waals surface area contributed by atoms with Gasteiger partial charge in [-0.25, -0.2) is 4.79 Å². The molecule has 13 heteroatoms. The summed E-state index contributed by atoms with van der Waals surface area (Å²) in [6.07, 6.45) is 0.822. The smallest absolute Gasteiger partial charge is 0.337 e. The van der Waals surface area contributed by atoms with Crippen LogP contribution in [0.2, 0.25) is 0 Å². The largest absolute Gasteiger partial charge is 0.478 e. The third-order valence-corrected chi connectivity index (χ3v) is 8.81. The number of nitrogens with one attached hydrogen (secondary N) is 1. The number of carbonyl (C=O) groups excluding carboxylic acids is 2. The SMILES string of the molecule is Cc1ccc(C2C(C#N)=C(N)N(c3nnc(SCC(=O)Nc4ccccc4C(=O)O)s3)C3=C2C(=O)CC(C)(C)C3)o1. The highest BCUT2D eigenvalue weighted by atomic mass is 32.2. The molecule has 0 saturated heterocycles. The number of para-hydroxylation sites is 1. The molecule has 0 spiro atoms. The van der Waals surface area contributed by atoms with Crippen LogP contribution in [-0.2, 0) is 9.59 Å². The van der Waals surface area contributed by atoms with Crippen molar-refractivity contribution in [3.05, 3.63) is 76.1 Å². The number of Topliss-reactive ketones (excluding diaryl/α,β-unsaturated/α-hetero) is 1. The maximum absolute atomic E-state index is 13.6. The summed E-state index contributed by atoms with van der Waals surface area (Å²) in [4.78, 5) is 39.2. The lowest BCUT2D eigenvalue weighted by Gasteiger charge is -2.42. The summed E-state index contributed by atoms with van der Waals surface area (Å²) in [6.45, 7) is 5.80. The standard InChI is InChI=1S/C28H26N6O5S2/c1-14-8-9-20(39-14)22-16(12-29)24(30)34(18-10-28(2,3)11-19(35)23(18)22)26-32-33-27(41-26)40-13-21(36)31-17-7-5-4-6-15(17)25(37)38/h4-9,22H,10-11,13,30H2,1-3H3,(H,31,36)(H,37,38). The van der Waals surface area contributed by atoms with Crippen molar-refractivity contribution in [3.63, 3.8) is 0 Å². The van der Waals surface area contributed by atoms with Crippen LogP contribution in [0.25, 0.3) is 0 Å². The van der Waals surface area contributed by atoms with E-state index in [-0.39, 0.29) is 39.6 Å². The first-order valence-corrected chi connectivity index (χ1v) is 14.4. The van der Waals surface area contributed by atoms with Crippen LogP contribution in [0.15, 0.2) is 67.8 Å². The number of hydrogen-bond acceptors (Lipinski definition) is 11. The molecule has 0 bridgehead atoms. The van der Waals surface area contributed by atoms with Gasteiger partial charge in [-0.1, -0.05) is 49.1 Å². The number of ketones is 1. The molecule has 41 heavy (non-hydrogen) atoms. The Labute approximate surface area is 243 Å². The Hall–Kier alpha value is -4.41. The third kappa shape index (κ3) is 5.48. The average Bonchev–Trinajstić information content (AvgIpc) is 3.55. The molecule has 1 atom stereocenters. The highest BCUT2D eigenvalue weighted by Crippen LogP contribution is 2.51. The van der Waals surface area contributed by atoms with Gasteiger partial charge < -0.3 is 20.6 Å². The van der Waals surface area contributed by atoms with Crippen molar-refractivity contribution < 1.29 is 23.9 Å². The number of nitrogens with zero attached hydrogens (tertiary/aromatic N) is 4. The van der Waals surface area contributed by atoms with E-state index < -0.39 is 17.8 Å². The molecule has 210 valence electrons. The van der Waals surface area contributed by atoms with Crippen molar-refractivity contribution >= 4 is 51.6 Å². The first-order chi connectivity index (χ1) is 19.5. The van der Waals surface area contributed by atoms with Crippen molar-refractivity contribution in [2.24, 2.45) is 11.1 Å². The highest BCUT2D eigenvalue weighted by molar-refractivity contribution is 8.01. The van der Waals surface area contributed by atoms with Crippen molar-refractivity contribution in [3.8, 4) is 6.07 Å². The molecule has 5 rings (SSSR count). The molecule has 1 amide bonds. The lowest BCUT2D eigenvalue weighted by Crippen LogP contribution is -2.42. The third-order valence-electron chi connectivity index (χ3n) is 6.77. The normalized spacial score (nSPS) is 18.2. The zero-order chi connectivity index (χ0) is 29.5. The van der Waals surface area contributed by atoms with Crippen LogP contribution in [0.1, 0.15) is 54.5 Å². The van der Waals surface area contributed by atoms with Gasteiger partial charge in [0.25, 0.3) is 0 Å². The molecular formula is C28H26N6O5S2. The molecule has 11 nitrogen and oxygen atoms in total. The van der Waals surface area contributed by atoms with Gasteiger partial charge in [-0.2, -0.15) is 5.26 Å². The molecular weight excluding hydrogens is 564 g/mol. The number of carboxylic acid groups (broad SMARTS) is 1. The number of aryl methyl sites for hydroxylation is 1. The van der Waals surface area contributed by atoms with Crippen molar-refractivity contribution in [1.29, 1.82) is 5.26 Å². The molecule has 2 aromatic heterocycles. The summed E-state index contributed by atoms with van der Waals surface area (Å²) >= 11 is 2.29. The van der Waals surface area contributed by atoms with Crippen LogP contribution in [0, 0.1) is 23.7 Å². The van der Waals surface area contributed by atoms with E-state index in [2.05, 4.69) is 21.6 Å². The number of nitrogens with two attached hydrogens (primary N) is 1. The zero-order valence-corrected chi connectivity index (χ0v) is 24.1. The second kappa shape index (κ2) is 10.9.